The summed E-state index contributed by atoms with van der Waals surface area (Å²) in [4.78, 5) is 4.28. The molecule has 1 aliphatic rings. The molecule has 1 unspecified atom stereocenters. The van der Waals surface area contributed by atoms with Crippen LogP contribution in [0.4, 0.5) is 0 Å². The number of rotatable bonds is 2. The SMILES string of the molecule is Clc1ccc(-n2cncc2C2CCNC2)cc1Br. The summed E-state index contributed by atoms with van der Waals surface area (Å²) in [7, 11) is 0. The molecule has 0 amide bonds. The summed E-state index contributed by atoms with van der Waals surface area (Å²) in [5.74, 6) is 0.543. The molecule has 2 aromatic rings. The molecule has 1 atom stereocenters. The van der Waals surface area contributed by atoms with Crippen LogP contribution < -0.4 is 5.32 Å². The summed E-state index contributed by atoms with van der Waals surface area (Å²) in [5, 5.41) is 4.11. The molecule has 2 heterocycles. The van der Waals surface area contributed by atoms with E-state index in [9.17, 15) is 0 Å². The van der Waals surface area contributed by atoms with Crippen LogP contribution in [0.25, 0.3) is 5.69 Å². The summed E-state index contributed by atoms with van der Waals surface area (Å²) >= 11 is 9.49. The molecule has 0 radical (unpaired) electrons. The first-order chi connectivity index (χ1) is 8.75. The zero-order valence-electron chi connectivity index (χ0n) is 9.74. The van der Waals surface area contributed by atoms with E-state index in [1.165, 1.54) is 12.1 Å². The smallest absolute Gasteiger partial charge is 0.0994 e. The molecule has 3 nitrogen and oxygen atoms in total. The van der Waals surface area contributed by atoms with Gasteiger partial charge in [0.15, 0.2) is 0 Å². The van der Waals surface area contributed by atoms with E-state index in [4.69, 9.17) is 11.6 Å². The number of imidazole rings is 1. The van der Waals surface area contributed by atoms with Gasteiger partial charge in [0, 0.05) is 34.5 Å². The molecule has 1 N–H and O–H groups in total. The third-order valence-corrected chi connectivity index (χ3v) is 4.54. The van der Waals surface area contributed by atoms with E-state index in [1.54, 1.807) is 0 Å². The molecule has 1 saturated heterocycles. The molecule has 1 aromatic heterocycles. The Morgan fingerprint density at radius 1 is 1.44 bits per heavy atom. The van der Waals surface area contributed by atoms with Crippen LogP contribution in [-0.4, -0.2) is 22.6 Å². The third kappa shape index (κ3) is 2.20. The Hall–Kier alpha value is -0.840. The summed E-state index contributed by atoms with van der Waals surface area (Å²) in [6, 6.07) is 5.94. The molecular formula is C13H13BrClN3. The Labute approximate surface area is 119 Å². The topological polar surface area (TPSA) is 29.9 Å². The fraction of sp³-hybridized carbons (Fsp3) is 0.308. The van der Waals surface area contributed by atoms with Crippen LogP contribution in [0.3, 0.4) is 0 Å². The van der Waals surface area contributed by atoms with Crippen LogP contribution in [0.1, 0.15) is 18.0 Å². The lowest BCUT2D eigenvalue weighted by molar-refractivity contribution is 0.713. The number of hydrogen-bond acceptors (Lipinski definition) is 2. The van der Waals surface area contributed by atoms with Gasteiger partial charge >= 0.3 is 0 Å². The Bertz CT molecular complexity index is 561. The van der Waals surface area contributed by atoms with E-state index in [1.807, 2.05) is 30.7 Å². The molecule has 1 aromatic carbocycles. The second-order valence-electron chi connectivity index (χ2n) is 4.48. The Kier molecular flexibility index (Phi) is 3.41. The average Bonchev–Trinajstić information content (AvgIpc) is 3.00. The van der Waals surface area contributed by atoms with Crippen LogP contribution in [-0.2, 0) is 0 Å². The standard InChI is InChI=1S/C13H13BrClN3/c14-11-5-10(1-2-12(11)15)18-8-17-7-13(18)9-3-4-16-6-9/h1-2,5,7-9,16H,3-4,6H2. The predicted molar refractivity (Wildman–Crippen MR) is 76.5 cm³/mol. The van der Waals surface area contributed by atoms with Gasteiger partial charge in [-0.25, -0.2) is 4.98 Å². The van der Waals surface area contributed by atoms with E-state index in [2.05, 4.69) is 30.8 Å². The van der Waals surface area contributed by atoms with Gasteiger partial charge in [0.05, 0.1) is 11.3 Å². The third-order valence-electron chi connectivity index (χ3n) is 3.33. The molecule has 0 spiro atoms. The Morgan fingerprint density at radius 2 is 2.33 bits per heavy atom. The minimum absolute atomic E-state index is 0.543. The molecule has 94 valence electrons. The summed E-state index contributed by atoms with van der Waals surface area (Å²) in [6.07, 6.45) is 4.99. The first-order valence-electron chi connectivity index (χ1n) is 5.94. The van der Waals surface area contributed by atoms with Crippen LogP contribution in [0.2, 0.25) is 5.02 Å². The molecule has 0 aliphatic carbocycles. The van der Waals surface area contributed by atoms with Gasteiger partial charge in [0.2, 0.25) is 0 Å². The van der Waals surface area contributed by atoms with Crippen molar-refractivity contribution in [2.24, 2.45) is 0 Å². The maximum atomic E-state index is 6.03. The molecule has 18 heavy (non-hydrogen) atoms. The predicted octanol–water partition coefficient (Wildman–Crippen LogP) is 3.37. The summed E-state index contributed by atoms with van der Waals surface area (Å²) in [5.41, 5.74) is 2.35. The van der Waals surface area contributed by atoms with Gasteiger partial charge < -0.3 is 9.88 Å². The van der Waals surface area contributed by atoms with Crippen molar-refractivity contribution in [1.29, 1.82) is 0 Å². The number of hydrogen-bond donors (Lipinski definition) is 1. The van der Waals surface area contributed by atoms with Gasteiger partial charge in [0.1, 0.15) is 0 Å². The molecule has 5 heteroatoms. The summed E-state index contributed by atoms with van der Waals surface area (Å²) < 4.78 is 3.05. The van der Waals surface area contributed by atoms with Gasteiger partial charge in [-0.1, -0.05) is 11.6 Å². The number of aromatic nitrogens is 2. The highest BCUT2D eigenvalue weighted by Gasteiger charge is 2.20. The maximum Gasteiger partial charge on any atom is 0.0994 e. The minimum Gasteiger partial charge on any atom is -0.316 e. The second-order valence-corrected chi connectivity index (χ2v) is 5.74. The van der Waals surface area contributed by atoms with Crippen LogP contribution >= 0.6 is 27.5 Å². The molecule has 0 bridgehead atoms. The van der Waals surface area contributed by atoms with Crippen molar-refractivity contribution in [1.82, 2.24) is 14.9 Å². The van der Waals surface area contributed by atoms with E-state index >= 15 is 0 Å². The lowest BCUT2D eigenvalue weighted by Crippen LogP contribution is -2.10. The highest BCUT2D eigenvalue weighted by molar-refractivity contribution is 9.10. The largest absolute Gasteiger partial charge is 0.316 e. The average molecular weight is 327 g/mol. The van der Waals surface area contributed by atoms with E-state index in [0.717, 1.165) is 28.3 Å². The van der Waals surface area contributed by atoms with E-state index in [-0.39, 0.29) is 0 Å². The van der Waals surface area contributed by atoms with Crippen molar-refractivity contribution in [3.8, 4) is 5.69 Å². The Balaban J connectivity index is 2.00. The van der Waals surface area contributed by atoms with Crippen molar-refractivity contribution in [2.75, 3.05) is 13.1 Å². The zero-order valence-corrected chi connectivity index (χ0v) is 12.1. The maximum absolute atomic E-state index is 6.03. The van der Waals surface area contributed by atoms with Gasteiger partial charge in [-0.15, -0.1) is 0 Å². The lowest BCUT2D eigenvalue weighted by Gasteiger charge is -2.13. The molecule has 3 rings (SSSR count). The monoisotopic (exact) mass is 325 g/mol. The molecule has 0 saturated carbocycles. The molecule has 1 aliphatic heterocycles. The van der Waals surface area contributed by atoms with E-state index in [0.29, 0.717) is 5.92 Å². The lowest BCUT2D eigenvalue weighted by atomic mass is 10.1. The van der Waals surface area contributed by atoms with E-state index < -0.39 is 0 Å². The first-order valence-corrected chi connectivity index (χ1v) is 7.11. The van der Waals surface area contributed by atoms with Gasteiger partial charge in [-0.05, 0) is 47.1 Å². The van der Waals surface area contributed by atoms with Crippen molar-refractivity contribution >= 4 is 27.5 Å². The fourth-order valence-electron chi connectivity index (χ4n) is 2.37. The van der Waals surface area contributed by atoms with Crippen LogP contribution in [0.15, 0.2) is 35.2 Å². The van der Waals surface area contributed by atoms with Gasteiger partial charge in [-0.2, -0.15) is 0 Å². The second kappa shape index (κ2) is 5.03. The number of nitrogens with one attached hydrogen (secondary N) is 1. The highest BCUT2D eigenvalue weighted by Crippen LogP contribution is 2.28. The quantitative estimate of drug-likeness (QED) is 0.917. The van der Waals surface area contributed by atoms with Crippen molar-refractivity contribution in [3.63, 3.8) is 0 Å². The number of halogens is 2. The van der Waals surface area contributed by atoms with Gasteiger partial charge in [-0.3, -0.25) is 0 Å². The van der Waals surface area contributed by atoms with Crippen molar-refractivity contribution in [3.05, 3.63) is 45.9 Å². The van der Waals surface area contributed by atoms with Crippen LogP contribution in [0, 0.1) is 0 Å². The number of benzene rings is 1. The Morgan fingerprint density at radius 3 is 3.06 bits per heavy atom. The van der Waals surface area contributed by atoms with Crippen molar-refractivity contribution in [2.45, 2.75) is 12.3 Å². The van der Waals surface area contributed by atoms with Crippen LogP contribution in [0.5, 0.6) is 0 Å². The fourth-order valence-corrected chi connectivity index (χ4v) is 2.85. The molecular weight excluding hydrogens is 314 g/mol. The zero-order chi connectivity index (χ0) is 12.5. The van der Waals surface area contributed by atoms with Gasteiger partial charge in [0.25, 0.3) is 0 Å². The number of nitrogens with zero attached hydrogens (tertiary/aromatic N) is 2. The molecule has 1 fully saturated rings. The highest BCUT2D eigenvalue weighted by atomic mass is 79.9. The normalized spacial score (nSPS) is 19.3. The summed E-state index contributed by atoms with van der Waals surface area (Å²) in [6.45, 7) is 2.11. The minimum atomic E-state index is 0.543. The first kappa shape index (κ1) is 12.2. The van der Waals surface area contributed by atoms with Crippen molar-refractivity contribution < 1.29 is 0 Å².